The Labute approximate surface area is 110 Å². The molecule has 1 unspecified atom stereocenters. The smallest absolute Gasteiger partial charge is 0.142 e. The Balaban J connectivity index is 3.20. The number of aromatic hydroxyl groups is 1. The molecule has 84 valence electrons. The van der Waals surface area contributed by atoms with Gasteiger partial charge < -0.3 is 5.11 Å². The van der Waals surface area contributed by atoms with Crippen molar-refractivity contribution < 1.29 is 5.11 Å². The van der Waals surface area contributed by atoms with Crippen molar-refractivity contribution >= 4 is 48.8 Å². The molecule has 0 heterocycles. The Morgan fingerprint density at radius 3 is 2.07 bits per heavy atom. The van der Waals surface area contributed by atoms with Crippen LogP contribution in [0.15, 0.2) is 21.9 Å². The van der Waals surface area contributed by atoms with Crippen molar-refractivity contribution in [3.8, 4) is 5.75 Å². The molecule has 0 aliphatic rings. The van der Waals surface area contributed by atoms with E-state index in [1.165, 1.54) is 0 Å². The SMILES string of the molecule is CSc1cc(C(S)CS)cc(SC)c1O. The van der Waals surface area contributed by atoms with Gasteiger partial charge in [-0.25, -0.2) is 0 Å². The first-order valence-electron chi connectivity index (χ1n) is 4.37. The number of thiol groups is 2. The molecule has 0 spiro atoms. The highest BCUT2D eigenvalue weighted by molar-refractivity contribution is 7.99. The first kappa shape index (κ1) is 13.5. The minimum atomic E-state index is 0.116. The van der Waals surface area contributed by atoms with E-state index in [9.17, 15) is 5.11 Å². The van der Waals surface area contributed by atoms with Gasteiger partial charge in [-0.3, -0.25) is 0 Å². The van der Waals surface area contributed by atoms with Crippen LogP contribution in [0.4, 0.5) is 0 Å². The largest absolute Gasteiger partial charge is 0.506 e. The molecule has 0 aliphatic carbocycles. The summed E-state index contributed by atoms with van der Waals surface area (Å²) in [5, 5.41) is 10.00. The number of benzene rings is 1. The highest BCUT2D eigenvalue weighted by atomic mass is 32.2. The van der Waals surface area contributed by atoms with Crippen LogP contribution in [0.2, 0.25) is 0 Å². The Hall–Kier alpha value is 0.420. The van der Waals surface area contributed by atoms with Gasteiger partial charge in [0.1, 0.15) is 5.75 Å². The third-order valence-corrected chi connectivity index (χ3v) is 4.70. The highest BCUT2D eigenvalue weighted by Gasteiger charge is 2.12. The van der Waals surface area contributed by atoms with E-state index in [0.717, 1.165) is 15.4 Å². The van der Waals surface area contributed by atoms with Gasteiger partial charge in [-0.2, -0.15) is 25.3 Å². The first-order chi connectivity index (χ1) is 7.13. The lowest BCUT2D eigenvalue weighted by atomic mass is 10.1. The third-order valence-electron chi connectivity index (χ3n) is 2.06. The minimum absolute atomic E-state index is 0.116. The van der Waals surface area contributed by atoms with Crippen molar-refractivity contribution in [2.75, 3.05) is 18.3 Å². The van der Waals surface area contributed by atoms with Gasteiger partial charge >= 0.3 is 0 Å². The molecule has 1 N–H and O–H groups in total. The molecule has 0 fully saturated rings. The van der Waals surface area contributed by atoms with E-state index >= 15 is 0 Å². The van der Waals surface area contributed by atoms with Crippen LogP contribution in [0.25, 0.3) is 0 Å². The van der Waals surface area contributed by atoms with Crippen molar-refractivity contribution in [1.82, 2.24) is 0 Å². The lowest BCUT2D eigenvalue weighted by Crippen LogP contribution is -1.93. The number of phenols is 1. The molecule has 1 atom stereocenters. The molecule has 1 aromatic rings. The summed E-state index contributed by atoms with van der Waals surface area (Å²) in [5.74, 6) is 1.06. The predicted octanol–water partition coefficient (Wildman–Crippen LogP) is 3.74. The van der Waals surface area contributed by atoms with Gasteiger partial charge in [-0.1, -0.05) is 0 Å². The van der Waals surface area contributed by atoms with Gasteiger partial charge in [-0.15, -0.1) is 23.5 Å². The number of rotatable bonds is 4. The Morgan fingerprint density at radius 2 is 1.73 bits per heavy atom. The molecular weight excluding hydrogens is 264 g/mol. The molecule has 1 nitrogen and oxygen atoms in total. The summed E-state index contributed by atoms with van der Waals surface area (Å²) in [4.78, 5) is 1.80. The second-order valence-electron chi connectivity index (χ2n) is 2.97. The summed E-state index contributed by atoms with van der Waals surface area (Å²) >= 11 is 11.8. The Morgan fingerprint density at radius 1 is 1.27 bits per heavy atom. The summed E-state index contributed by atoms with van der Waals surface area (Å²) in [6.07, 6.45) is 3.91. The van der Waals surface area contributed by atoms with E-state index in [4.69, 9.17) is 0 Å². The van der Waals surface area contributed by atoms with Crippen molar-refractivity contribution in [2.24, 2.45) is 0 Å². The number of hydrogen-bond acceptors (Lipinski definition) is 5. The number of hydrogen-bond donors (Lipinski definition) is 3. The van der Waals surface area contributed by atoms with E-state index in [1.807, 2.05) is 24.6 Å². The highest BCUT2D eigenvalue weighted by Crippen LogP contribution is 2.39. The van der Waals surface area contributed by atoms with E-state index in [-0.39, 0.29) is 5.25 Å². The molecule has 0 aliphatic heterocycles. The molecule has 0 amide bonds. The lowest BCUT2D eigenvalue weighted by Gasteiger charge is -2.13. The van der Waals surface area contributed by atoms with Crippen LogP contribution in [0.5, 0.6) is 5.75 Å². The van der Waals surface area contributed by atoms with E-state index in [0.29, 0.717) is 11.5 Å². The minimum Gasteiger partial charge on any atom is -0.506 e. The van der Waals surface area contributed by atoms with Crippen LogP contribution in [0.1, 0.15) is 10.8 Å². The fraction of sp³-hybridized carbons (Fsp3) is 0.400. The summed E-state index contributed by atoms with van der Waals surface area (Å²) < 4.78 is 0. The fourth-order valence-corrected chi connectivity index (χ4v) is 2.75. The molecule has 1 aromatic carbocycles. The summed E-state index contributed by atoms with van der Waals surface area (Å²) in [5.41, 5.74) is 1.11. The average molecular weight is 278 g/mol. The number of thioether (sulfide) groups is 2. The van der Waals surface area contributed by atoms with E-state index in [1.54, 1.807) is 23.5 Å². The zero-order valence-electron chi connectivity index (χ0n) is 8.60. The van der Waals surface area contributed by atoms with Crippen LogP contribution in [-0.4, -0.2) is 23.4 Å². The average Bonchev–Trinajstić information content (AvgIpc) is 2.28. The maximum Gasteiger partial charge on any atom is 0.142 e. The Bertz CT molecular complexity index is 315. The zero-order chi connectivity index (χ0) is 11.4. The lowest BCUT2D eigenvalue weighted by molar-refractivity contribution is 0.448. The molecule has 0 radical (unpaired) electrons. The van der Waals surface area contributed by atoms with Gasteiger partial charge in [0.2, 0.25) is 0 Å². The first-order valence-corrected chi connectivity index (χ1v) is 7.97. The zero-order valence-corrected chi connectivity index (χ0v) is 12.0. The second kappa shape index (κ2) is 6.23. The molecule has 15 heavy (non-hydrogen) atoms. The molecular formula is C10H14OS4. The van der Waals surface area contributed by atoms with Crippen molar-refractivity contribution in [1.29, 1.82) is 0 Å². The maximum atomic E-state index is 9.88. The van der Waals surface area contributed by atoms with Crippen LogP contribution >= 0.6 is 48.8 Å². The standard InChI is InChI=1S/C10H14OS4/c1-14-8-3-6(7(13)5-12)4-9(15-2)10(8)11/h3-4,7,11-13H,5H2,1-2H3. The van der Waals surface area contributed by atoms with Crippen molar-refractivity contribution in [2.45, 2.75) is 15.0 Å². The van der Waals surface area contributed by atoms with Gasteiger partial charge in [-0.05, 0) is 30.2 Å². The topological polar surface area (TPSA) is 20.2 Å². The van der Waals surface area contributed by atoms with Crippen LogP contribution in [0.3, 0.4) is 0 Å². The van der Waals surface area contributed by atoms with Gasteiger partial charge in [0.15, 0.2) is 0 Å². The number of phenolic OH excluding ortho intramolecular Hbond substituents is 1. The molecule has 0 saturated carbocycles. The van der Waals surface area contributed by atoms with Gasteiger partial charge in [0, 0.05) is 11.0 Å². The molecule has 1 rings (SSSR count). The quantitative estimate of drug-likeness (QED) is 0.577. The molecule has 5 heteroatoms. The maximum absolute atomic E-state index is 9.88. The molecule has 0 saturated heterocycles. The van der Waals surface area contributed by atoms with Crippen LogP contribution in [-0.2, 0) is 0 Å². The summed E-state index contributed by atoms with van der Waals surface area (Å²) in [7, 11) is 0. The van der Waals surface area contributed by atoms with Crippen LogP contribution in [0, 0.1) is 0 Å². The molecule has 0 bridgehead atoms. The van der Waals surface area contributed by atoms with E-state index in [2.05, 4.69) is 25.3 Å². The Kier molecular flexibility index (Phi) is 5.60. The molecule has 0 aromatic heterocycles. The van der Waals surface area contributed by atoms with Crippen LogP contribution < -0.4 is 0 Å². The van der Waals surface area contributed by atoms with Gasteiger partial charge in [0.05, 0.1) is 9.79 Å². The predicted molar refractivity (Wildman–Crippen MR) is 77.2 cm³/mol. The second-order valence-corrected chi connectivity index (χ2v) is 5.66. The van der Waals surface area contributed by atoms with Gasteiger partial charge in [0.25, 0.3) is 0 Å². The third kappa shape index (κ3) is 3.19. The normalized spacial score (nSPS) is 12.8. The van der Waals surface area contributed by atoms with Crippen molar-refractivity contribution in [3.63, 3.8) is 0 Å². The fourth-order valence-electron chi connectivity index (χ4n) is 1.21. The summed E-state index contributed by atoms with van der Waals surface area (Å²) in [6, 6.07) is 3.96. The van der Waals surface area contributed by atoms with E-state index < -0.39 is 0 Å². The van der Waals surface area contributed by atoms with Crippen molar-refractivity contribution in [3.05, 3.63) is 17.7 Å². The monoisotopic (exact) mass is 278 g/mol. The summed E-state index contributed by atoms with van der Waals surface area (Å²) in [6.45, 7) is 0.